The highest BCUT2D eigenvalue weighted by Gasteiger charge is 2.49. The van der Waals surface area contributed by atoms with Gasteiger partial charge in [0.2, 0.25) is 0 Å². The highest BCUT2D eigenvalue weighted by molar-refractivity contribution is 5.87. The van der Waals surface area contributed by atoms with Crippen molar-refractivity contribution in [3.8, 4) is 0 Å². The van der Waals surface area contributed by atoms with Gasteiger partial charge in [0.15, 0.2) is 0 Å². The van der Waals surface area contributed by atoms with Gasteiger partial charge in [0, 0.05) is 0 Å². The molecule has 0 aromatic carbocycles. The Morgan fingerprint density at radius 3 is 2.69 bits per heavy atom. The fraction of sp³-hybridized carbons (Fsp3) is 0.750. The first-order valence-electron chi connectivity index (χ1n) is 4.08. The first-order chi connectivity index (χ1) is 6.02. The maximum Gasteiger partial charge on any atom is 0.324 e. The summed E-state index contributed by atoms with van der Waals surface area (Å²) in [5, 5.41) is 11.7. The third kappa shape index (κ3) is 1.51. The molecular weight excluding hydrogens is 174 g/mol. The summed E-state index contributed by atoms with van der Waals surface area (Å²) in [5.74, 6) is -2.06. The van der Waals surface area contributed by atoms with Crippen LogP contribution in [-0.2, 0) is 14.3 Å². The quantitative estimate of drug-likeness (QED) is 0.576. The van der Waals surface area contributed by atoms with Gasteiger partial charge in [-0.25, -0.2) is 0 Å². The summed E-state index contributed by atoms with van der Waals surface area (Å²) >= 11 is 0. The third-order valence-corrected chi connectivity index (χ3v) is 2.55. The van der Waals surface area contributed by atoms with E-state index < -0.39 is 23.4 Å². The van der Waals surface area contributed by atoms with Gasteiger partial charge in [0.05, 0.1) is 13.0 Å². The Morgan fingerprint density at radius 1 is 1.62 bits per heavy atom. The standard InChI is InChI=1S/C8H13NO4/c1-8(7(11)12)5(3-4-9-8)6(10)13-2/h5,9H,3-4H2,1-2H3,(H,11,12). The molecule has 0 spiro atoms. The molecule has 2 atom stereocenters. The van der Waals surface area contributed by atoms with Gasteiger partial charge in [-0.2, -0.15) is 0 Å². The van der Waals surface area contributed by atoms with Crippen molar-refractivity contribution >= 4 is 11.9 Å². The van der Waals surface area contributed by atoms with Gasteiger partial charge in [-0.1, -0.05) is 0 Å². The van der Waals surface area contributed by atoms with E-state index in [4.69, 9.17) is 5.11 Å². The number of rotatable bonds is 2. The molecule has 0 saturated carbocycles. The Labute approximate surface area is 76.1 Å². The summed E-state index contributed by atoms with van der Waals surface area (Å²) in [4.78, 5) is 22.1. The fourth-order valence-electron chi connectivity index (χ4n) is 1.61. The van der Waals surface area contributed by atoms with Crippen molar-refractivity contribution in [2.75, 3.05) is 13.7 Å². The molecule has 1 fully saturated rings. The molecule has 2 N–H and O–H groups in total. The third-order valence-electron chi connectivity index (χ3n) is 2.55. The summed E-state index contributed by atoms with van der Waals surface area (Å²) in [7, 11) is 1.27. The topological polar surface area (TPSA) is 75.6 Å². The van der Waals surface area contributed by atoms with Gasteiger partial charge in [-0.3, -0.25) is 9.59 Å². The molecule has 74 valence electrons. The van der Waals surface area contributed by atoms with Crippen LogP contribution < -0.4 is 5.32 Å². The van der Waals surface area contributed by atoms with Crippen LogP contribution in [0.15, 0.2) is 0 Å². The molecule has 0 aromatic heterocycles. The van der Waals surface area contributed by atoms with Crippen LogP contribution in [0.4, 0.5) is 0 Å². The molecule has 0 radical (unpaired) electrons. The molecule has 5 nitrogen and oxygen atoms in total. The summed E-state index contributed by atoms with van der Waals surface area (Å²) in [6.07, 6.45) is 0.509. The van der Waals surface area contributed by atoms with E-state index in [-0.39, 0.29) is 0 Å². The Hall–Kier alpha value is -1.10. The molecule has 0 bridgehead atoms. The fourth-order valence-corrected chi connectivity index (χ4v) is 1.61. The number of aliphatic carboxylic acids is 1. The van der Waals surface area contributed by atoms with Gasteiger partial charge in [0.1, 0.15) is 5.54 Å². The average molecular weight is 187 g/mol. The van der Waals surface area contributed by atoms with E-state index in [9.17, 15) is 9.59 Å². The van der Waals surface area contributed by atoms with Gasteiger partial charge in [0.25, 0.3) is 0 Å². The summed E-state index contributed by atoms with van der Waals surface area (Å²) in [6, 6.07) is 0. The molecule has 1 heterocycles. The minimum atomic E-state index is -1.17. The number of esters is 1. The Bertz CT molecular complexity index is 240. The molecule has 2 unspecified atom stereocenters. The number of hydrogen-bond donors (Lipinski definition) is 2. The molecule has 13 heavy (non-hydrogen) atoms. The van der Waals surface area contributed by atoms with Crippen molar-refractivity contribution in [2.45, 2.75) is 18.9 Å². The molecule has 1 rings (SSSR count). The number of carbonyl (C=O) groups is 2. The van der Waals surface area contributed by atoms with E-state index in [0.717, 1.165) is 0 Å². The van der Waals surface area contributed by atoms with Crippen molar-refractivity contribution in [2.24, 2.45) is 5.92 Å². The van der Waals surface area contributed by atoms with E-state index in [0.29, 0.717) is 13.0 Å². The zero-order valence-electron chi connectivity index (χ0n) is 7.66. The van der Waals surface area contributed by atoms with Crippen LogP contribution in [-0.4, -0.2) is 36.2 Å². The van der Waals surface area contributed by atoms with Crippen molar-refractivity contribution in [1.82, 2.24) is 5.32 Å². The Kier molecular flexibility index (Phi) is 2.56. The second-order valence-electron chi connectivity index (χ2n) is 3.30. The van der Waals surface area contributed by atoms with Crippen LogP contribution in [0.2, 0.25) is 0 Å². The monoisotopic (exact) mass is 187 g/mol. The Morgan fingerprint density at radius 2 is 2.23 bits per heavy atom. The van der Waals surface area contributed by atoms with Crippen molar-refractivity contribution in [3.05, 3.63) is 0 Å². The number of methoxy groups -OCH3 is 1. The zero-order valence-corrected chi connectivity index (χ0v) is 7.66. The first-order valence-corrected chi connectivity index (χ1v) is 4.08. The summed E-state index contributed by atoms with van der Waals surface area (Å²) in [6.45, 7) is 2.03. The van der Waals surface area contributed by atoms with E-state index in [1.54, 1.807) is 0 Å². The summed E-state index contributed by atoms with van der Waals surface area (Å²) < 4.78 is 4.54. The van der Waals surface area contributed by atoms with E-state index in [1.807, 2.05) is 0 Å². The normalized spacial score (nSPS) is 32.9. The minimum Gasteiger partial charge on any atom is -0.480 e. The van der Waals surface area contributed by atoms with Crippen LogP contribution in [0.5, 0.6) is 0 Å². The van der Waals surface area contributed by atoms with Crippen molar-refractivity contribution < 1.29 is 19.4 Å². The van der Waals surface area contributed by atoms with Crippen LogP contribution >= 0.6 is 0 Å². The average Bonchev–Trinajstić information content (AvgIpc) is 2.47. The molecular formula is C8H13NO4. The molecule has 1 saturated heterocycles. The highest BCUT2D eigenvalue weighted by Crippen LogP contribution is 2.27. The number of nitrogens with one attached hydrogen (secondary N) is 1. The van der Waals surface area contributed by atoms with Crippen LogP contribution in [0.25, 0.3) is 0 Å². The minimum absolute atomic E-state index is 0.463. The van der Waals surface area contributed by atoms with Crippen LogP contribution in [0.3, 0.4) is 0 Å². The molecule has 1 aliphatic rings. The van der Waals surface area contributed by atoms with E-state index in [2.05, 4.69) is 10.1 Å². The second-order valence-corrected chi connectivity index (χ2v) is 3.30. The first kappa shape index (κ1) is 9.98. The molecule has 0 amide bonds. The molecule has 0 aromatic rings. The van der Waals surface area contributed by atoms with Gasteiger partial charge in [-0.15, -0.1) is 0 Å². The lowest BCUT2D eigenvalue weighted by atomic mass is 9.87. The molecule has 1 aliphatic heterocycles. The van der Waals surface area contributed by atoms with Crippen LogP contribution in [0.1, 0.15) is 13.3 Å². The van der Waals surface area contributed by atoms with Gasteiger partial charge < -0.3 is 15.2 Å². The maximum atomic E-state index is 11.2. The zero-order chi connectivity index (χ0) is 10.1. The predicted octanol–water partition coefficient (Wildman–Crippen LogP) is -0.388. The lowest BCUT2D eigenvalue weighted by Gasteiger charge is -2.24. The Balaban J connectivity index is 2.85. The molecule has 0 aliphatic carbocycles. The number of carboxylic acid groups (broad SMARTS) is 1. The largest absolute Gasteiger partial charge is 0.480 e. The predicted molar refractivity (Wildman–Crippen MR) is 44.2 cm³/mol. The number of ether oxygens (including phenoxy) is 1. The summed E-state index contributed by atoms with van der Waals surface area (Å²) in [5.41, 5.74) is -1.17. The number of hydrogen-bond acceptors (Lipinski definition) is 4. The number of carboxylic acids is 1. The second kappa shape index (κ2) is 3.33. The lowest BCUT2D eigenvalue weighted by Crippen LogP contribution is -2.51. The van der Waals surface area contributed by atoms with Gasteiger partial charge >= 0.3 is 11.9 Å². The smallest absolute Gasteiger partial charge is 0.324 e. The van der Waals surface area contributed by atoms with E-state index in [1.165, 1.54) is 14.0 Å². The van der Waals surface area contributed by atoms with Crippen molar-refractivity contribution in [3.63, 3.8) is 0 Å². The SMILES string of the molecule is COC(=O)C1CCNC1(C)C(=O)O. The van der Waals surface area contributed by atoms with Crippen LogP contribution in [0, 0.1) is 5.92 Å². The highest BCUT2D eigenvalue weighted by atomic mass is 16.5. The number of carbonyl (C=O) groups excluding carboxylic acids is 1. The lowest BCUT2D eigenvalue weighted by molar-refractivity contribution is -0.156. The molecule has 5 heteroatoms. The van der Waals surface area contributed by atoms with E-state index >= 15 is 0 Å². The maximum absolute atomic E-state index is 11.2. The van der Waals surface area contributed by atoms with Gasteiger partial charge in [-0.05, 0) is 19.9 Å². The van der Waals surface area contributed by atoms with Crippen molar-refractivity contribution in [1.29, 1.82) is 0 Å².